The van der Waals surface area contributed by atoms with E-state index < -0.39 is 0 Å². The van der Waals surface area contributed by atoms with Gasteiger partial charge in [-0.3, -0.25) is 0 Å². The molecule has 1 heteroatoms. The van der Waals surface area contributed by atoms with Crippen molar-refractivity contribution in [2.24, 2.45) is 5.92 Å². The third-order valence-corrected chi connectivity index (χ3v) is 3.49. The van der Waals surface area contributed by atoms with Crippen LogP contribution in [0.5, 0.6) is 0 Å². The molecule has 1 aromatic rings. The molecular weight excluding hydrogens is 206 g/mol. The van der Waals surface area contributed by atoms with Crippen LogP contribution in [0.4, 0.5) is 5.69 Å². The van der Waals surface area contributed by atoms with Gasteiger partial charge in [-0.2, -0.15) is 0 Å². The van der Waals surface area contributed by atoms with E-state index in [0.29, 0.717) is 6.04 Å². The van der Waals surface area contributed by atoms with Crippen LogP contribution in [-0.2, 0) is 0 Å². The molecule has 0 amide bonds. The molecule has 0 aliphatic heterocycles. The maximum Gasteiger partial charge on any atom is 0.0416 e. The van der Waals surface area contributed by atoms with Crippen molar-refractivity contribution in [3.05, 3.63) is 42.5 Å². The summed E-state index contributed by atoms with van der Waals surface area (Å²) in [6.07, 6.45) is 11.8. The number of allylic oxidation sites excluding steroid dienone is 1. The molecule has 0 spiro atoms. The van der Waals surface area contributed by atoms with Crippen LogP contribution in [0.15, 0.2) is 42.5 Å². The van der Waals surface area contributed by atoms with E-state index in [0.717, 1.165) is 5.92 Å². The van der Waals surface area contributed by atoms with E-state index in [1.54, 1.807) is 0 Å². The van der Waals surface area contributed by atoms with Crippen LogP contribution < -0.4 is 5.32 Å². The molecule has 1 aliphatic carbocycles. The lowest BCUT2D eigenvalue weighted by Crippen LogP contribution is -2.12. The number of rotatable bonds is 4. The van der Waals surface area contributed by atoms with Crippen molar-refractivity contribution >= 4 is 5.69 Å². The van der Waals surface area contributed by atoms with E-state index in [1.807, 2.05) is 6.07 Å². The van der Waals surface area contributed by atoms with Gasteiger partial charge >= 0.3 is 0 Å². The topological polar surface area (TPSA) is 12.0 Å². The molecule has 1 saturated carbocycles. The maximum atomic E-state index is 3.49. The van der Waals surface area contributed by atoms with Crippen molar-refractivity contribution in [3.63, 3.8) is 0 Å². The van der Waals surface area contributed by atoms with Gasteiger partial charge in [0.2, 0.25) is 0 Å². The number of benzene rings is 1. The molecule has 0 radical (unpaired) electrons. The van der Waals surface area contributed by atoms with Gasteiger partial charge in [0.25, 0.3) is 0 Å². The monoisotopic (exact) mass is 229 g/mol. The fourth-order valence-electron chi connectivity index (χ4n) is 2.50. The summed E-state index contributed by atoms with van der Waals surface area (Å²) in [6.45, 7) is 2.21. The predicted molar refractivity (Wildman–Crippen MR) is 75.2 cm³/mol. The van der Waals surface area contributed by atoms with E-state index >= 15 is 0 Å². The van der Waals surface area contributed by atoms with Crippen LogP contribution in [0.1, 0.15) is 39.0 Å². The Morgan fingerprint density at radius 1 is 1.12 bits per heavy atom. The Labute approximate surface area is 105 Å². The molecule has 0 aromatic heterocycles. The predicted octanol–water partition coefficient (Wildman–Crippen LogP) is 4.62. The van der Waals surface area contributed by atoms with Gasteiger partial charge in [-0.05, 0) is 37.8 Å². The molecule has 1 aliphatic rings. The van der Waals surface area contributed by atoms with E-state index in [-0.39, 0.29) is 0 Å². The molecule has 1 atom stereocenters. The highest BCUT2D eigenvalue weighted by atomic mass is 14.9. The molecular formula is C16H23N. The molecule has 92 valence electrons. The minimum absolute atomic E-state index is 0.416. The zero-order chi connectivity index (χ0) is 11.9. The summed E-state index contributed by atoms with van der Waals surface area (Å²) >= 11 is 0. The number of anilines is 1. The quantitative estimate of drug-likeness (QED) is 0.743. The lowest BCUT2D eigenvalue weighted by atomic mass is 9.89. The van der Waals surface area contributed by atoms with Gasteiger partial charge in [0.15, 0.2) is 0 Å². The zero-order valence-electron chi connectivity index (χ0n) is 10.7. The van der Waals surface area contributed by atoms with E-state index in [9.17, 15) is 0 Å². The van der Waals surface area contributed by atoms with E-state index in [4.69, 9.17) is 0 Å². The first-order valence-electron chi connectivity index (χ1n) is 6.84. The van der Waals surface area contributed by atoms with Gasteiger partial charge in [0, 0.05) is 11.7 Å². The van der Waals surface area contributed by atoms with Gasteiger partial charge in [0.1, 0.15) is 0 Å². The van der Waals surface area contributed by atoms with Crippen LogP contribution in [-0.4, -0.2) is 6.04 Å². The van der Waals surface area contributed by atoms with Crippen LogP contribution in [0.2, 0.25) is 0 Å². The number of hydrogen-bond acceptors (Lipinski definition) is 1. The summed E-state index contributed by atoms with van der Waals surface area (Å²) in [5.41, 5.74) is 1.20. The Morgan fingerprint density at radius 2 is 1.82 bits per heavy atom. The second-order valence-corrected chi connectivity index (χ2v) is 5.08. The number of nitrogens with one attached hydrogen (secondary N) is 1. The van der Waals surface area contributed by atoms with Crippen molar-refractivity contribution in [3.8, 4) is 0 Å². The van der Waals surface area contributed by atoms with Crippen molar-refractivity contribution in [1.82, 2.24) is 0 Å². The average molecular weight is 229 g/mol. The fraction of sp³-hybridized carbons (Fsp3) is 0.500. The van der Waals surface area contributed by atoms with Crippen molar-refractivity contribution in [1.29, 1.82) is 0 Å². The molecule has 1 nitrogen and oxygen atoms in total. The zero-order valence-corrected chi connectivity index (χ0v) is 10.7. The number of hydrogen-bond donors (Lipinski definition) is 1. The van der Waals surface area contributed by atoms with Gasteiger partial charge in [-0.15, -0.1) is 0 Å². The third-order valence-electron chi connectivity index (χ3n) is 3.49. The normalized spacial score (nSPS) is 19.4. The Kier molecular flexibility index (Phi) is 4.66. The van der Waals surface area contributed by atoms with Crippen molar-refractivity contribution in [2.75, 3.05) is 5.32 Å². The van der Waals surface area contributed by atoms with Crippen molar-refractivity contribution < 1.29 is 0 Å². The van der Waals surface area contributed by atoms with Gasteiger partial charge in [-0.25, -0.2) is 0 Å². The molecule has 1 aromatic carbocycles. The first-order chi connectivity index (χ1) is 8.34. The molecule has 1 N–H and O–H groups in total. The maximum absolute atomic E-state index is 3.49. The Bertz CT molecular complexity index is 336. The summed E-state index contributed by atoms with van der Waals surface area (Å²) in [5.74, 6) is 0.823. The van der Waals surface area contributed by atoms with Crippen LogP contribution in [0.3, 0.4) is 0 Å². The minimum atomic E-state index is 0.416. The van der Waals surface area contributed by atoms with Crippen LogP contribution >= 0.6 is 0 Å². The Balaban J connectivity index is 1.80. The molecule has 1 fully saturated rings. The third kappa shape index (κ3) is 4.26. The first-order valence-corrected chi connectivity index (χ1v) is 6.84. The molecule has 0 heterocycles. The Hall–Kier alpha value is -1.24. The summed E-state index contributed by atoms with van der Waals surface area (Å²) in [5, 5.41) is 3.49. The summed E-state index contributed by atoms with van der Waals surface area (Å²) < 4.78 is 0. The molecule has 1 unspecified atom stereocenters. The lowest BCUT2D eigenvalue weighted by Gasteiger charge is -2.19. The minimum Gasteiger partial charge on any atom is -0.379 e. The standard InChI is InChI=1S/C16H23N/c1-14(17-16-10-6-3-7-11-16)12-13-15-8-4-2-5-9-15/h3,6-7,10-15,17H,2,4-5,8-9H2,1H3. The molecule has 2 rings (SSSR count). The Morgan fingerprint density at radius 3 is 2.53 bits per heavy atom. The highest BCUT2D eigenvalue weighted by Crippen LogP contribution is 2.24. The largest absolute Gasteiger partial charge is 0.379 e. The molecule has 0 saturated heterocycles. The van der Waals surface area contributed by atoms with Gasteiger partial charge in [-0.1, -0.05) is 49.6 Å². The van der Waals surface area contributed by atoms with Gasteiger partial charge < -0.3 is 5.32 Å². The summed E-state index contributed by atoms with van der Waals surface area (Å²) in [7, 11) is 0. The SMILES string of the molecule is CC(C=CC1CCCCC1)Nc1ccccc1. The molecule has 17 heavy (non-hydrogen) atoms. The van der Waals surface area contributed by atoms with E-state index in [2.05, 4.69) is 48.7 Å². The smallest absolute Gasteiger partial charge is 0.0416 e. The first kappa shape index (κ1) is 12.2. The lowest BCUT2D eigenvalue weighted by molar-refractivity contribution is 0.418. The fourth-order valence-corrected chi connectivity index (χ4v) is 2.50. The van der Waals surface area contributed by atoms with Gasteiger partial charge in [0.05, 0.1) is 0 Å². The highest BCUT2D eigenvalue weighted by molar-refractivity contribution is 5.44. The highest BCUT2D eigenvalue weighted by Gasteiger charge is 2.10. The van der Waals surface area contributed by atoms with Crippen LogP contribution in [0.25, 0.3) is 0 Å². The summed E-state index contributed by atoms with van der Waals surface area (Å²) in [4.78, 5) is 0. The summed E-state index contributed by atoms with van der Waals surface area (Å²) in [6, 6.07) is 10.8. The number of para-hydroxylation sites is 1. The second-order valence-electron chi connectivity index (χ2n) is 5.08. The molecule has 0 bridgehead atoms. The average Bonchev–Trinajstić information content (AvgIpc) is 2.39. The second kappa shape index (κ2) is 6.48. The van der Waals surface area contributed by atoms with Crippen LogP contribution in [0, 0.1) is 5.92 Å². The van der Waals surface area contributed by atoms with Crippen molar-refractivity contribution in [2.45, 2.75) is 45.1 Å². The van der Waals surface area contributed by atoms with E-state index in [1.165, 1.54) is 37.8 Å².